The Bertz CT molecular complexity index is 713. The summed E-state index contributed by atoms with van der Waals surface area (Å²) in [4.78, 5) is 38.0. The number of benzene rings is 1. The zero-order chi connectivity index (χ0) is 18.2. The van der Waals surface area contributed by atoms with Crippen molar-refractivity contribution in [2.75, 3.05) is 6.54 Å². The van der Waals surface area contributed by atoms with Gasteiger partial charge in [0, 0.05) is 13.5 Å². The predicted molar refractivity (Wildman–Crippen MR) is 91.8 cm³/mol. The summed E-state index contributed by atoms with van der Waals surface area (Å²) in [6, 6.07) is 7.47. The number of carbonyl (C=O) groups excluding carboxylic acids is 2. The van der Waals surface area contributed by atoms with Crippen LogP contribution in [0.25, 0.3) is 0 Å². The van der Waals surface area contributed by atoms with Gasteiger partial charge in [0.25, 0.3) is 0 Å². The second kappa shape index (κ2) is 6.50. The van der Waals surface area contributed by atoms with E-state index in [-0.39, 0.29) is 30.2 Å². The van der Waals surface area contributed by atoms with Gasteiger partial charge >= 0.3 is 5.97 Å². The van der Waals surface area contributed by atoms with Crippen molar-refractivity contribution in [1.82, 2.24) is 10.2 Å². The Morgan fingerprint density at radius 2 is 1.96 bits per heavy atom. The van der Waals surface area contributed by atoms with Crippen molar-refractivity contribution in [3.8, 4) is 0 Å². The second-order valence-corrected chi connectivity index (χ2v) is 7.21. The summed E-state index contributed by atoms with van der Waals surface area (Å²) in [5.41, 5.74) is 0.885. The second-order valence-electron chi connectivity index (χ2n) is 7.21. The lowest BCUT2D eigenvalue weighted by atomic mass is 9.89. The molecule has 1 fully saturated rings. The van der Waals surface area contributed by atoms with Crippen LogP contribution < -0.4 is 5.32 Å². The van der Waals surface area contributed by atoms with Crippen molar-refractivity contribution in [1.29, 1.82) is 0 Å². The first-order valence-corrected chi connectivity index (χ1v) is 8.72. The molecule has 3 rings (SSSR count). The minimum Gasteiger partial charge on any atom is -0.480 e. The minimum atomic E-state index is -1.23. The number of nitrogens with zero attached hydrogens (tertiary/aromatic N) is 1. The van der Waals surface area contributed by atoms with Crippen LogP contribution in [-0.2, 0) is 20.8 Å². The Kier molecular flexibility index (Phi) is 4.54. The molecule has 2 atom stereocenters. The van der Waals surface area contributed by atoms with Gasteiger partial charge in [0.1, 0.15) is 5.54 Å². The smallest absolute Gasteiger partial charge is 0.329 e. The van der Waals surface area contributed by atoms with Gasteiger partial charge in [0.05, 0.1) is 12.5 Å². The third kappa shape index (κ3) is 3.38. The molecule has 0 saturated heterocycles. The summed E-state index contributed by atoms with van der Waals surface area (Å²) in [5.74, 6) is -1.42. The average molecular weight is 344 g/mol. The molecular formula is C19H24N2O4. The van der Waals surface area contributed by atoms with Crippen LogP contribution in [0.4, 0.5) is 0 Å². The molecule has 1 aliphatic carbocycles. The molecule has 0 aromatic heterocycles. The maximum absolute atomic E-state index is 12.6. The monoisotopic (exact) mass is 344 g/mol. The van der Waals surface area contributed by atoms with Crippen molar-refractivity contribution >= 4 is 17.8 Å². The molecule has 1 aromatic carbocycles. The lowest BCUT2D eigenvalue weighted by Gasteiger charge is -2.37. The summed E-state index contributed by atoms with van der Waals surface area (Å²) in [6.07, 6.45) is 2.47. The standard InChI is InChI=1S/C19H24N2O4/c1-12(22)21-10-9-13-5-3-4-6-15(13)16(21)11-17(23)20-19(2,18(24)25)14-7-8-14/h3-6,14,16H,7-11H2,1-2H3,(H,20,23)(H,24,25)/t16-,19-/m1/s1. The van der Waals surface area contributed by atoms with Gasteiger partial charge in [-0.05, 0) is 43.2 Å². The number of carboxylic acid groups (broad SMARTS) is 1. The lowest BCUT2D eigenvalue weighted by molar-refractivity contribution is -0.148. The van der Waals surface area contributed by atoms with Crippen molar-refractivity contribution in [2.45, 2.75) is 51.1 Å². The minimum absolute atomic E-state index is 0.0171. The van der Waals surface area contributed by atoms with Crippen LogP contribution >= 0.6 is 0 Å². The maximum Gasteiger partial charge on any atom is 0.329 e. The van der Waals surface area contributed by atoms with E-state index in [0.717, 1.165) is 30.4 Å². The Morgan fingerprint density at radius 3 is 2.56 bits per heavy atom. The van der Waals surface area contributed by atoms with E-state index in [2.05, 4.69) is 5.32 Å². The van der Waals surface area contributed by atoms with Crippen LogP contribution in [0.5, 0.6) is 0 Å². The molecule has 1 aromatic rings. The molecule has 25 heavy (non-hydrogen) atoms. The van der Waals surface area contributed by atoms with Crippen LogP contribution in [0.2, 0.25) is 0 Å². The molecule has 134 valence electrons. The molecule has 0 radical (unpaired) electrons. The SMILES string of the molecule is CC(=O)N1CCc2ccccc2[C@H]1CC(=O)N[C@@](C)(C(=O)O)C1CC1. The van der Waals surface area contributed by atoms with Crippen LogP contribution in [0.15, 0.2) is 24.3 Å². The van der Waals surface area contributed by atoms with E-state index in [4.69, 9.17) is 0 Å². The average Bonchev–Trinajstić information content (AvgIpc) is 3.39. The zero-order valence-corrected chi connectivity index (χ0v) is 14.6. The predicted octanol–water partition coefficient (Wildman–Crippen LogP) is 1.89. The van der Waals surface area contributed by atoms with E-state index in [9.17, 15) is 19.5 Å². The number of hydrogen-bond acceptors (Lipinski definition) is 3. The van der Waals surface area contributed by atoms with E-state index in [0.29, 0.717) is 6.54 Å². The van der Waals surface area contributed by atoms with Crippen molar-refractivity contribution in [3.63, 3.8) is 0 Å². The highest BCUT2D eigenvalue weighted by Gasteiger charge is 2.48. The Morgan fingerprint density at radius 1 is 1.28 bits per heavy atom. The molecule has 2 N–H and O–H groups in total. The first-order chi connectivity index (χ1) is 11.8. The van der Waals surface area contributed by atoms with Crippen LogP contribution in [0, 0.1) is 5.92 Å². The van der Waals surface area contributed by atoms with Gasteiger partial charge in [0.2, 0.25) is 11.8 Å². The normalized spacial score (nSPS) is 21.8. The van der Waals surface area contributed by atoms with Crippen molar-refractivity contribution in [3.05, 3.63) is 35.4 Å². The largest absolute Gasteiger partial charge is 0.480 e. The van der Waals surface area contributed by atoms with Crippen LogP contribution in [-0.4, -0.2) is 39.9 Å². The summed E-state index contributed by atoms with van der Waals surface area (Å²) in [6.45, 7) is 3.65. The molecule has 1 saturated carbocycles. The van der Waals surface area contributed by atoms with Gasteiger partial charge in [-0.1, -0.05) is 24.3 Å². The topological polar surface area (TPSA) is 86.7 Å². The molecule has 0 bridgehead atoms. The number of amides is 2. The van der Waals surface area contributed by atoms with E-state index < -0.39 is 11.5 Å². The highest BCUT2D eigenvalue weighted by atomic mass is 16.4. The fourth-order valence-corrected chi connectivity index (χ4v) is 3.76. The highest BCUT2D eigenvalue weighted by Crippen LogP contribution is 2.40. The van der Waals surface area contributed by atoms with E-state index in [1.165, 1.54) is 6.92 Å². The number of aliphatic carboxylic acids is 1. The van der Waals surface area contributed by atoms with E-state index in [1.807, 2.05) is 24.3 Å². The number of rotatable bonds is 5. The third-order valence-electron chi connectivity index (χ3n) is 5.43. The number of fused-ring (bicyclic) bond motifs is 1. The van der Waals surface area contributed by atoms with Crippen LogP contribution in [0.3, 0.4) is 0 Å². The fourth-order valence-electron chi connectivity index (χ4n) is 3.76. The molecule has 2 aliphatic rings. The molecule has 1 heterocycles. The molecule has 6 heteroatoms. The fraction of sp³-hybridized carbons (Fsp3) is 0.526. The van der Waals surface area contributed by atoms with Crippen molar-refractivity contribution in [2.24, 2.45) is 5.92 Å². The molecule has 2 amide bonds. The van der Waals surface area contributed by atoms with Gasteiger partial charge in [-0.3, -0.25) is 9.59 Å². The Labute approximate surface area is 147 Å². The van der Waals surface area contributed by atoms with Gasteiger partial charge in [-0.2, -0.15) is 0 Å². The van der Waals surface area contributed by atoms with Crippen molar-refractivity contribution < 1.29 is 19.5 Å². The maximum atomic E-state index is 12.6. The lowest BCUT2D eigenvalue weighted by Crippen LogP contribution is -2.54. The number of carboxylic acids is 1. The van der Waals surface area contributed by atoms with Gasteiger partial charge < -0.3 is 15.3 Å². The number of nitrogens with one attached hydrogen (secondary N) is 1. The summed E-state index contributed by atoms with van der Waals surface area (Å²) in [7, 11) is 0. The van der Waals surface area contributed by atoms with E-state index in [1.54, 1.807) is 11.8 Å². The molecule has 0 unspecified atom stereocenters. The molecule has 1 aliphatic heterocycles. The highest BCUT2D eigenvalue weighted by molar-refractivity contribution is 5.88. The first-order valence-electron chi connectivity index (χ1n) is 8.72. The van der Waals surface area contributed by atoms with Gasteiger partial charge in [0.15, 0.2) is 0 Å². The van der Waals surface area contributed by atoms with Gasteiger partial charge in [-0.25, -0.2) is 4.79 Å². The zero-order valence-electron chi connectivity index (χ0n) is 14.6. The summed E-state index contributed by atoms with van der Waals surface area (Å²) < 4.78 is 0. The first kappa shape index (κ1) is 17.5. The van der Waals surface area contributed by atoms with E-state index >= 15 is 0 Å². The number of carbonyl (C=O) groups is 3. The summed E-state index contributed by atoms with van der Waals surface area (Å²) >= 11 is 0. The molecular weight excluding hydrogens is 320 g/mol. The Hall–Kier alpha value is -2.37. The number of hydrogen-bond donors (Lipinski definition) is 2. The quantitative estimate of drug-likeness (QED) is 0.854. The molecule has 0 spiro atoms. The third-order valence-corrected chi connectivity index (χ3v) is 5.43. The molecule has 6 nitrogen and oxygen atoms in total. The Balaban J connectivity index is 1.80. The summed E-state index contributed by atoms with van der Waals surface area (Å²) in [5, 5.41) is 12.2. The van der Waals surface area contributed by atoms with Crippen LogP contribution in [0.1, 0.15) is 50.3 Å². The van der Waals surface area contributed by atoms with Gasteiger partial charge in [-0.15, -0.1) is 0 Å².